The minimum absolute atomic E-state index is 0.163. The average Bonchev–Trinajstić information content (AvgIpc) is 3.22. The van der Waals surface area contributed by atoms with Gasteiger partial charge in [0.1, 0.15) is 5.75 Å². The third-order valence-electron chi connectivity index (χ3n) is 4.59. The number of rotatable bonds is 4. The molecule has 4 aromatic rings. The summed E-state index contributed by atoms with van der Waals surface area (Å²) in [6.07, 6.45) is 0. The fourth-order valence-corrected chi connectivity index (χ4v) is 4.00. The number of carbonyl (C=O) groups excluding carboxylic acids is 1. The normalized spacial score (nSPS) is 10.8. The molecule has 140 valence electrons. The van der Waals surface area contributed by atoms with Crippen LogP contribution in [-0.4, -0.2) is 18.0 Å². The molecule has 0 aliphatic carbocycles. The first kappa shape index (κ1) is 18.2. The molecule has 0 unspecified atom stereocenters. The van der Waals surface area contributed by atoms with Gasteiger partial charge >= 0.3 is 0 Å². The Morgan fingerprint density at radius 3 is 2.68 bits per heavy atom. The van der Waals surface area contributed by atoms with Crippen molar-refractivity contribution in [3.05, 3.63) is 76.7 Å². The maximum absolute atomic E-state index is 13.2. The molecular weight excluding hydrogens is 368 g/mol. The number of carbonyl (C=O) groups is 1. The van der Waals surface area contributed by atoms with Gasteiger partial charge in [-0.05, 0) is 55.1 Å². The zero-order valence-electron chi connectivity index (χ0n) is 15.9. The Bertz CT molecular complexity index is 1170. The molecule has 2 aromatic carbocycles. The Morgan fingerprint density at radius 2 is 1.93 bits per heavy atom. The van der Waals surface area contributed by atoms with Gasteiger partial charge < -0.3 is 10.1 Å². The van der Waals surface area contributed by atoms with Crippen molar-refractivity contribution in [2.45, 2.75) is 13.8 Å². The van der Waals surface area contributed by atoms with Crippen LogP contribution >= 0.6 is 11.3 Å². The second kappa shape index (κ2) is 7.44. The van der Waals surface area contributed by atoms with E-state index in [1.807, 2.05) is 61.7 Å². The van der Waals surface area contributed by atoms with E-state index in [0.29, 0.717) is 17.0 Å². The number of anilines is 1. The molecule has 0 spiro atoms. The number of amides is 1. The number of methoxy groups -OCH3 is 1. The van der Waals surface area contributed by atoms with Crippen LogP contribution in [0.4, 0.5) is 5.69 Å². The Balaban J connectivity index is 1.85. The molecule has 5 heteroatoms. The number of fused-ring (bicyclic) bond motifs is 1. The van der Waals surface area contributed by atoms with Crippen LogP contribution in [-0.2, 0) is 0 Å². The summed E-state index contributed by atoms with van der Waals surface area (Å²) in [5, 5.41) is 5.87. The molecule has 4 rings (SSSR count). The van der Waals surface area contributed by atoms with E-state index >= 15 is 0 Å². The molecule has 0 saturated heterocycles. The highest BCUT2D eigenvalue weighted by atomic mass is 32.1. The van der Waals surface area contributed by atoms with E-state index in [4.69, 9.17) is 9.72 Å². The lowest BCUT2D eigenvalue weighted by Gasteiger charge is -2.13. The van der Waals surface area contributed by atoms with Gasteiger partial charge in [0.25, 0.3) is 5.91 Å². The van der Waals surface area contributed by atoms with Crippen LogP contribution in [0.5, 0.6) is 5.75 Å². The lowest BCUT2D eigenvalue weighted by atomic mass is 10.0. The third kappa shape index (κ3) is 3.49. The highest BCUT2D eigenvalue weighted by molar-refractivity contribution is 7.13. The van der Waals surface area contributed by atoms with Crippen LogP contribution in [0, 0.1) is 13.8 Å². The number of aryl methyl sites for hydroxylation is 2. The Labute approximate surface area is 167 Å². The number of pyridine rings is 1. The van der Waals surface area contributed by atoms with E-state index in [1.54, 1.807) is 24.5 Å². The Kier molecular flexibility index (Phi) is 4.84. The lowest BCUT2D eigenvalue weighted by Crippen LogP contribution is -2.13. The molecular formula is C23H20N2O2S. The molecule has 0 radical (unpaired) electrons. The molecule has 0 bridgehead atoms. The van der Waals surface area contributed by atoms with Gasteiger partial charge in [-0.25, -0.2) is 4.98 Å². The fourth-order valence-electron chi connectivity index (χ4n) is 3.32. The van der Waals surface area contributed by atoms with Crippen LogP contribution in [0.15, 0.2) is 60.0 Å². The summed E-state index contributed by atoms with van der Waals surface area (Å²) in [7, 11) is 1.61. The van der Waals surface area contributed by atoms with Crippen LogP contribution in [0.2, 0.25) is 0 Å². The van der Waals surface area contributed by atoms with E-state index in [-0.39, 0.29) is 5.91 Å². The van der Waals surface area contributed by atoms with Gasteiger partial charge in [-0.15, -0.1) is 11.3 Å². The van der Waals surface area contributed by atoms with Crippen molar-refractivity contribution < 1.29 is 9.53 Å². The number of nitrogens with one attached hydrogen (secondary N) is 1. The molecule has 0 aliphatic rings. The summed E-state index contributed by atoms with van der Waals surface area (Å²) in [6.45, 7) is 4.06. The second-order valence-corrected chi connectivity index (χ2v) is 7.64. The zero-order valence-corrected chi connectivity index (χ0v) is 16.8. The zero-order chi connectivity index (χ0) is 19.7. The molecule has 0 saturated carbocycles. The molecule has 1 N–H and O–H groups in total. The van der Waals surface area contributed by atoms with Crippen LogP contribution in [0.1, 0.15) is 21.5 Å². The molecule has 0 atom stereocenters. The number of benzene rings is 2. The number of hydrogen-bond donors (Lipinski definition) is 1. The van der Waals surface area contributed by atoms with Gasteiger partial charge in [0, 0.05) is 17.1 Å². The summed E-state index contributed by atoms with van der Waals surface area (Å²) >= 11 is 1.61. The van der Waals surface area contributed by atoms with E-state index in [1.165, 1.54) is 0 Å². The first-order chi connectivity index (χ1) is 13.5. The number of thiophene rings is 1. The summed E-state index contributed by atoms with van der Waals surface area (Å²) in [4.78, 5) is 19.1. The molecule has 28 heavy (non-hydrogen) atoms. The van der Waals surface area contributed by atoms with Crippen molar-refractivity contribution >= 4 is 33.8 Å². The minimum atomic E-state index is -0.163. The smallest absolute Gasteiger partial charge is 0.256 e. The largest absolute Gasteiger partial charge is 0.497 e. The van der Waals surface area contributed by atoms with Crippen LogP contribution < -0.4 is 10.1 Å². The van der Waals surface area contributed by atoms with E-state index < -0.39 is 0 Å². The second-order valence-electron chi connectivity index (χ2n) is 6.70. The molecule has 0 aliphatic heterocycles. The van der Waals surface area contributed by atoms with Gasteiger partial charge in [-0.2, -0.15) is 0 Å². The predicted molar refractivity (Wildman–Crippen MR) is 115 cm³/mol. The van der Waals surface area contributed by atoms with Gasteiger partial charge in [0.05, 0.1) is 28.8 Å². The van der Waals surface area contributed by atoms with Crippen molar-refractivity contribution in [3.8, 4) is 16.3 Å². The molecule has 4 nitrogen and oxygen atoms in total. The van der Waals surface area contributed by atoms with E-state index in [2.05, 4.69) is 11.4 Å². The number of nitrogens with zero attached hydrogens (tertiary/aromatic N) is 1. The summed E-state index contributed by atoms with van der Waals surface area (Å²) < 4.78 is 5.25. The Hall–Kier alpha value is -3.18. The summed E-state index contributed by atoms with van der Waals surface area (Å²) in [5.41, 5.74) is 5.13. The van der Waals surface area contributed by atoms with Gasteiger partial charge in [-0.1, -0.05) is 23.8 Å². The third-order valence-corrected chi connectivity index (χ3v) is 5.49. The van der Waals surface area contributed by atoms with Gasteiger partial charge in [0.15, 0.2) is 0 Å². The molecule has 0 fully saturated rings. The van der Waals surface area contributed by atoms with Crippen molar-refractivity contribution in [2.75, 3.05) is 12.4 Å². The SMILES string of the molecule is COc1cccc(NC(=O)c2cc(-c3cccs3)nc3c(C)cc(C)cc23)c1. The Morgan fingerprint density at radius 1 is 1.07 bits per heavy atom. The highest BCUT2D eigenvalue weighted by Gasteiger charge is 2.16. The van der Waals surface area contributed by atoms with Crippen LogP contribution in [0.25, 0.3) is 21.5 Å². The number of ether oxygens (including phenoxy) is 1. The van der Waals surface area contributed by atoms with Gasteiger partial charge in [-0.3, -0.25) is 4.79 Å². The lowest BCUT2D eigenvalue weighted by molar-refractivity contribution is 0.102. The van der Waals surface area contributed by atoms with Crippen LogP contribution in [0.3, 0.4) is 0 Å². The van der Waals surface area contributed by atoms with E-state index in [0.717, 1.165) is 32.6 Å². The first-order valence-electron chi connectivity index (χ1n) is 8.96. The monoisotopic (exact) mass is 388 g/mol. The minimum Gasteiger partial charge on any atom is -0.497 e. The quantitative estimate of drug-likeness (QED) is 0.478. The first-order valence-corrected chi connectivity index (χ1v) is 9.84. The number of hydrogen-bond acceptors (Lipinski definition) is 4. The maximum Gasteiger partial charge on any atom is 0.256 e. The van der Waals surface area contributed by atoms with E-state index in [9.17, 15) is 4.79 Å². The van der Waals surface area contributed by atoms with Crippen molar-refractivity contribution in [2.24, 2.45) is 0 Å². The van der Waals surface area contributed by atoms with Crippen molar-refractivity contribution in [1.82, 2.24) is 4.98 Å². The highest BCUT2D eigenvalue weighted by Crippen LogP contribution is 2.30. The van der Waals surface area contributed by atoms with Crippen molar-refractivity contribution in [3.63, 3.8) is 0 Å². The topological polar surface area (TPSA) is 51.2 Å². The average molecular weight is 388 g/mol. The summed E-state index contributed by atoms with van der Waals surface area (Å²) in [5.74, 6) is 0.534. The standard InChI is InChI=1S/C23H20N2O2S/c1-14-10-15(2)22-18(11-14)19(13-20(25-22)21-8-5-9-28-21)23(26)24-16-6-4-7-17(12-16)27-3/h4-13H,1-3H3,(H,24,26). The molecule has 1 amide bonds. The number of aromatic nitrogens is 1. The van der Waals surface area contributed by atoms with Gasteiger partial charge in [0.2, 0.25) is 0 Å². The molecule has 2 aromatic heterocycles. The summed E-state index contributed by atoms with van der Waals surface area (Å²) in [6, 6.07) is 17.4. The fraction of sp³-hybridized carbons (Fsp3) is 0.130. The predicted octanol–water partition coefficient (Wildman–Crippen LogP) is 5.84. The maximum atomic E-state index is 13.2. The molecule has 2 heterocycles. The van der Waals surface area contributed by atoms with Crippen molar-refractivity contribution in [1.29, 1.82) is 0 Å².